The molecule has 1 saturated heterocycles. The molecule has 27 heavy (non-hydrogen) atoms. The van der Waals surface area contributed by atoms with Crippen LogP contribution in [0.4, 0.5) is 13.2 Å². The van der Waals surface area contributed by atoms with Gasteiger partial charge in [-0.05, 0) is 51.8 Å². The van der Waals surface area contributed by atoms with E-state index in [1.807, 2.05) is 7.05 Å². The molecule has 1 aliphatic heterocycles. The van der Waals surface area contributed by atoms with Crippen molar-refractivity contribution in [1.29, 1.82) is 0 Å². The molecule has 10 heteroatoms. The zero-order valence-electron chi connectivity index (χ0n) is 15.6. The molecule has 0 aliphatic carbocycles. The maximum absolute atomic E-state index is 12.9. The van der Waals surface area contributed by atoms with E-state index < -0.39 is 12.0 Å². The molecule has 2 aromatic rings. The number of aromatic nitrogens is 4. The van der Waals surface area contributed by atoms with Crippen molar-refractivity contribution in [3.05, 3.63) is 22.8 Å². The predicted molar refractivity (Wildman–Crippen MR) is 92.2 cm³/mol. The number of hydrogen-bond donors (Lipinski definition) is 1. The van der Waals surface area contributed by atoms with Gasteiger partial charge in [0.25, 0.3) is 11.6 Å². The Morgan fingerprint density at radius 2 is 1.93 bits per heavy atom. The first-order chi connectivity index (χ1) is 12.7. The Kier molecular flexibility index (Phi) is 5.36. The molecule has 2 aromatic heterocycles. The highest BCUT2D eigenvalue weighted by Crippen LogP contribution is 2.27. The molecule has 0 radical (unpaired) electrons. The summed E-state index contributed by atoms with van der Waals surface area (Å²) in [5, 5.41) is 6.81. The van der Waals surface area contributed by atoms with Gasteiger partial charge in [-0.3, -0.25) is 4.79 Å². The summed E-state index contributed by atoms with van der Waals surface area (Å²) >= 11 is 0. The monoisotopic (exact) mass is 384 g/mol. The van der Waals surface area contributed by atoms with Crippen LogP contribution in [-0.4, -0.2) is 56.6 Å². The first kappa shape index (κ1) is 19.5. The molecule has 0 aromatic carbocycles. The Balaban J connectivity index is 1.77. The largest absolute Gasteiger partial charge is 0.453 e. The fourth-order valence-electron chi connectivity index (χ4n) is 3.50. The molecule has 0 spiro atoms. The third kappa shape index (κ3) is 4.05. The van der Waals surface area contributed by atoms with E-state index in [0.29, 0.717) is 17.8 Å². The molecule has 1 fully saturated rings. The molecule has 3 heterocycles. The average Bonchev–Trinajstić information content (AvgIpc) is 3.06. The van der Waals surface area contributed by atoms with Crippen molar-refractivity contribution in [3.63, 3.8) is 0 Å². The molecule has 148 valence electrons. The van der Waals surface area contributed by atoms with E-state index in [1.165, 1.54) is 0 Å². The van der Waals surface area contributed by atoms with E-state index in [2.05, 4.69) is 20.4 Å². The van der Waals surface area contributed by atoms with E-state index >= 15 is 0 Å². The van der Waals surface area contributed by atoms with Crippen LogP contribution in [0.2, 0.25) is 0 Å². The van der Waals surface area contributed by atoms with E-state index in [4.69, 9.17) is 0 Å². The molecule has 0 atom stereocenters. The number of nitrogens with one attached hydrogen (secondary N) is 1. The third-order valence-corrected chi connectivity index (χ3v) is 5.14. The quantitative estimate of drug-likeness (QED) is 0.872. The summed E-state index contributed by atoms with van der Waals surface area (Å²) in [6, 6.07) is 0.228. The van der Waals surface area contributed by atoms with E-state index in [1.54, 1.807) is 18.7 Å². The summed E-state index contributed by atoms with van der Waals surface area (Å²) < 4.78 is 39.7. The van der Waals surface area contributed by atoms with Gasteiger partial charge in [0.05, 0.1) is 0 Å². The molecule has 0 unspecified atom stereocenters. The molecule has 1 N–H and O–H groups in total. The van der Waals surface area contributed by atoms with Gasteiger partial charge in [0.15, 0.2) is 0 Å². The Morgan fingerprint density at radius 3 is 2.56 bits per heavy atom. The van der Waals surface area contributed by atoms with Crippen molar-refractivity contribution in [2.75, 3.05) is 20.1 Å². The van der Waals surface area contributed by atoms with Gasteiger partial charge in [0.1, 0.15) is 0 Å². The first-order valence-corrected chi connectivity index (χ1v) is 8.95. The number of fused-ring (bicyclic) bond motifs is 1. The van der Waals surface area contributed by atoms with Crippen molar-refractivity contribution >= 4 is 11.7 Å². The summed E-state index contributed by atoms with van der Waals surface area (Å²) in [6.45, 7) is 5.18. The van der Waals surface area contributed by atoms with Crippen molar-refractivity contribution < 1.29 is 18.0 Å². The second-order valence-electron chi connectivity index (χ2n) is 6.89. The van der Waals surface area contributed by atoms with Crippen LogP contribution in [0.5, 0.6) is 0 Å². The van der Waals surface area contributed by atoms with Gasteiger partial charge in [-0.1, -0.05) is 0 Å². The summed E-state index contributed by atoms with van der Waals surface area (Å²) in [7, 11) is 1.81. The van der Waals surface area contributed by atoms with Crippen LogP contribution in [0.3, 0.4) is 0 Å². The highest BCUT2D eigenvalue weighted by molar-refractivity contribution is 5.76. The lowest BCUT2D eigenvalue weighted by Crippen LogP contribution is -2.44. The molecular weight excluding hydrogens is 361 g/mol. The molecule has 0 saturated carbocycles. The number of nitrogens with zero attached hydrogens (tertiary/aromatic N) is 5. The summed E-state index contributed by atoms with van der Waals surface area (Å²) in [4.78, 5) is 21.9. The molecule has 0 bridgehead atoms. The van der Waals surface area contributed by atoms with Crippen molar-refractivity contribution in [2.45, 2.75) is 51.7 Å². The minimum absolute atomic E-state index is 0.0235. The molecule has 1 aliphatic rings. The van der Waals surface area contributed by atoms with Gasteiger partial charge in [-0.25, -0.2) is 9.50 Å². The number of hydrogen-bond acceptors (Lipinski definition) is 5. The predicted octanol–water partition coefficient (Wildman–Crippen LogP) is 1.90. The standard InChI is InChI=1S/C17H23F3N6O/c1-10-13(4-5-14(27)25(3)12-6-8-21-9-7-12)11(2)26-16(22-10)23-15(24-26)17(18,19)20/h12,21H,4-9H2,1-3H3. The van der Waals surface area contributed by atoms with Gasteiger partial charge < -0.3 is 10.2 Å². The summed E-state index contributed by atoms with van der Waals surface area (Å²) in [5.74, 6) is -1.27. The number of carbonyl (C=O) groups is 1. The fourth-order valence-corrected chi connectivity index (χ4v) is 3.50. The van der Waals surface area contributed by atoms with Crippen LogP contribution < -0.4 is 5.32 Å². The Hall–Kier alpha value is -2.23. The number of aryl methyl sites for hydroxylation is 2. The van der Waals surface area contributed by atoms with E-state index in [0.717, 1.165) is 36.0 Å². The van der Waals surface area contributed by atoms with E-state index in [9.17, 15) is 18.0 Å². The topological polar surface area (TPSA) is 75.4 Å². The first-order valence-electron chi connectivity index (χ1n) is 8.95. The second kappa shape index (κ2) is 7.41. The van der Waals surface area contributed by atoms with Crippen LogP contribution >= 0.6 is 0 Å². The van der Waals surface area contributed by atoms with Crippen LogP contribution in [0.1, 0.15) is 42.0 Å². The number of rotatable bonds is 4. The summed E-state index contributed by atoms with van der Waals surface area (Å²) in [6.07, 6.45) is -2.10. The molecule has 1 amide bonds. The maximum atomic E-state index is 12.9. The Morgan fingerprint density at radius 1 is 1.26 bits per heavy atom. The number of piperidine rings is 1. The SMILES string of the molecule is Cc1nc2nc(C(F)(F)F)nn2c(C)c1CCC(=O)N(C)C1CCNCC1. The highest BCUT2D eigenvalue weighted by Gasteiger charge is 2.37. The van der Waals surface area contributed by atoms with Gasteiger partial charge in [0.2, 0.25) is 5.91 Å². The van der Waals surface area contributed by atoms with Crippen LogP contribution in [0, 0.1) is 13.8 Å². The maximum Gasteiger partial charge on any atom is 0.453 e. The lowest BCUT2D eigenvalue weighted by Gasteiger charge is -2.31. The number of carbonyl (C=O) groups excluding carboxylic acids is 1. The third-order valence-electron chi connectivity index (χ3n) is 5.14. The molecule has 7 nitrogen and oxygen atoms in total. The Labute approximate surface area is 155 Å². The van der Waals surface area contributed by atoms with Gasteiger partial charge in [0, 0.05) is 30.9 Å². The Bertz CT molecular complexity index is 841. The zero-order valence-corrected chi connectivity index (χ0v) is 15.6. The number of halogens is 3. The number of alkyl halides is 3. The second-order valence-corrected chi connectivity index (χ2v) is 6.89. The van der Waals surface area contributed by atoms with Crippen LogP contribution in [0.15, 0.2) is 0 Å². The summed E-state index contributed by atoms with van der Waals surface area (Å²) in [5.41, 5.74) is 1.82. The highest BCUT2D eigenvalue weighted by atomic mass is 19.4. The van der Waals surface area contributed by atoms with Gasteiger partial charge in [-0.2, -0.15) is 18.2 Å². The zero-order chi connectivity index (χ0) is 19.8. The minimum Gasteiger partial charge on any atom is -0.343 e. The van der Waals surface area contributed by atoms with Gasteiger partial charge in [-0.15, -0.1) is 5.10 Å². The molecular formula is C17H23F3N6O. The smallest absolute Gasteiger partial charge is 0.343 e. The normalized spacial score (nSPS) is 16.1. The molecule has 3 rings (SSSR count). The van der Waals surface area contributed by atoms with Crippen LogP contribution in [0.25, 0.3) is 5.78 Å². The van der Waals surface area contributed by atoms with E-state index in [-0.39, 0.29) is 24.1 Å². The van der Waals surface area contributed by atoms with Gasteiger partial charge >= 0.3 is 6.18 Å². The lowest BCUT2D eigenvalue weighted by molar-refractivity contribution is -0.144. The lowest BCUT2D eigenvalue weighted by atomic mass is 10.0. The van der Waals surface area contributed by atoms with Crippen molar-refractivity contribution in [3.8, 4) is 0 Å². The average molecular weight is 384 g/mol. The van der Waals surface area contributed by atoms with Crippen molar-refractivity contribution in [1.82, 2.24) is 29.8 Å². The van der Waals surface area contributed by atoms with Crippen LogP contribution in [-0.2, 0) is 17.4 Å². The van der Waals surface area contributed by atoms with Crippen molar-refractivity contribution in [2.24, 2.45) is 0 Å². The minimum atomic E-state index is -4.62. The number of amides is 1. The fraction of sp³-hybridized carbons (Fsp3) is 0.647.